The lowest BCUT2D eigenvalue weighted by atomic mass is 10.0. The first-order chi connectivity index (χ1) is 9.79. The van der Waals surface area contributed by atoms with Crippen LogP contribution in [-0.4, -0.2) is 24.0 Å². The van der Waals surface area contributed by atoms with Crippen molar-refractivity contribution in [2.24, 2.45) is 0 Å². The highest BCUT2D eigenvalue weighted by Gasteiger charge is 2.19. The van der Waals surface area contributed by atoms with Crippen LogP contribution in [-0.2, 0) is 6.54 Å². The van der Waals surface area contributed by atoms with Crippen LogP contribution in [0.4, 0.5) is 10.1 Å². The summed E-state index contributed by atoms with van der Waals surface area (Å²) in [6.45, 7) is 3.06. The lowest BCUT2D eigenvalue weighted by molar-refractivity contribution is 0.211. The zero-order valence-electron chi connectivity index (χ0n) is 11.4. The Morgan fingerprint density at radius 2 is 2.10 bits per heavy atom. The molecule has 0 atom stereocenters. The normalized spacial score (nSPS) is 17.2. The molecular formula is C16H19FN2O. The molecule has 0 bridgehead atoms. The van der Waals surface area contributed by atoms with Crippen molar-refractivity contribution >= 4 is 5.69 Å². The van der Waals surface area contributed by atoms with Crippen molar-refractivity contribution in [3.05, 3.63) is 54.2 Å². The van der Waals surface area contributed by atoms with Crippen molar-refractivity contribution in [2.45, 2.75) is 25.4 Å². The number of benzene rings is 1. The molecule has 106 valence electrons. The Kier molecular flexibility index (Phi) is 4.02. The Bertz CT molecular complexity index is 533. The summed E-state index contributed by atoms with van der Waals surface area (Å²) in [7, 11) is 0. The van der Waals surface area contributed by atoms with E-state index < -0.39 is 0 Å². The molecule has 2 heterocycles. The number of likely N-dealkylation sites (tertiary alicyclic amines) is 1. The third kappa shape index (κ3) is 3.39. The van der Waals surface area contributed by atoms with Crippen molar-refractivity contribution in [3.63, 3.8) is 0 Å². The first kappa shape index (κ1) is 13.2. The summed E-state index contributed by atoms with van der Waals surface area (Å²) >= 11 is 0. The van der Waals surface area contributed by atoms with Crippen molar-refractivity contribution in [3.8, 4) is 0 Å². The summed E-state index contributed by atoms with van der Waals surface area (Å²) in [5.41, 5.74) is 2.10. The van der Waals surface area contributed by atoms with Crippen LogP contribution in [0.25, 0.3) is 0 Å². The molecule has 1 aromatic heterocycles. The maximum absolute atomic E-state index is 13.1. The van der Waals surface area contributed by atoms with Crippen molar-refractivity contribution in [1.29, 1.82) is 0 Å². The van der Waals surface area contributed by atoms with Gasteiger partial charge >= 0.3 is 0 Å². The van der Waals surface area contributed by atoms with Gasteiger partial charge in [0.1, 0.15) is 5.82 Å². The standard InChI is InChI=1S/C16H19FN2O/c17-14-2-1-3-16(10-14)18-15-4-7-19(8-5-15)11-13-6-9-20-12-13/h1-3,6,9-10,12,15,18H,4-5,7-8,11H2. The zero-order chi connectivity index (χ0) is 13.8. The molecule has 0 saturated carbocycles. The molecule has 1 aliphatic heterocycles. The van der Waals surface area contributed by atoms with E-state index in [-0.39, 0.29) is 5.82 Å². The van der Waals surface area contributed by atoms with Gasteiger partial charge in [0.15, 0.2) is 0 Å². The van der Waals surface area contributed by atoms with E-state index in [1.807, 2.05) is 12.1 Å². The second-order valence-corrected chi connectivity index (χ2v) is 5.34. The van der Waals surface area contributed by atoms with Crippen molar-refractivity contribution in [2.75, 3.05) is 18.4 Å². The highest BCUT2D eigenvalue weighted by molar-refractivity contribution is 5.44. The molecule has 0 aliphatic carbocycles. The highest BCUT2D eigenvalue weighted by Crippen LogP contribution is 2.18. The van der Waals surface area contributed by atoms with Crippen LogP contribution >= 0.6 is 0 Å². The average Bonchev–Trinajstić information content (AvgIpc) is 2.94. The van der Waals surface area contributed by atoms with Gasteiger partial charge in [-0.3, -0.25) is 4.90 Å². The van der Waals surface area contributed by atoms with Gasteiger partial charge in [-0.25, -0.2) is 4.39 Å². The number of anilines is 1. The lowest BCUT2D eigenvalue weighted by Crippen LogP contribution is -2.38. The Morgan fingerprint density at radius 1 is 1.25 bits per heavy atom. The fourth-order valence-electron chi connectivity index (χ4n) is 2.69. The number of nitrogens with one attached hydrogen (secondary N) is 1. The fourth-order valence-corrected chi connectivity index (χ4v) is 2.69. The molecule has 1 aromatic carbocycles. The third-order valence-electron chi connectivity index (χ3n) is 3.77. The van der Waals surface area contributed by atoms with Crippen LogP contribution in [0.15, 0.2) is 47.3 Å². The number of furan rings is 1. The molecule has 3 rings (SSSR count). The molecule has 0 amide bonds. The Morgan fingerprint density at radius 3 is 2.80 bits per heavy atom. The van der Waals surface area contributed by atoms with E-state index in [0.29, 0.717) is 6.04 Å². The number of rotatable bonds is 4. The number of hydrogen-bond acceptors (Lipinski definition) is 3. The van der Waals surface area contributed by atoms with Gasteiger partial charge in [0.2, 0.25) is 0 Å². The molecule has 0 spiro atoms. The predicted octanol–water partition coefficient (Wildman–Crippen LogP) is 3.50. The molecule has 1 N–H and O–H groups in total. The number of halogens is 1. The van der Waals surface area contributed by atoms with Gasteiger partial charge in [0.05, 0.1) is 12.5 Å². The van der Waals surface area contributed by atoms with Gasteiger partial charge in [-0.2, -0.15) is 0 Å². The molecule has 0 unspecified atom stereocenters. The Balaban J connectivity index is 1.48. The summed E-state index contributed by atoms with van der Waals surface area (Å²) in [4.78, 5) is 2.43. The Hall–Kier alpha value is -1.81. The SMILES string of the molecule is Fc1cccc(NC2CCN(Cc3ccoc3)CC2)c1. The van der Waals surface area contributed by atoms with Gasteiger partial charge in [0.25, 0.3) is 0 Å². The van der Waals surface area contributed by atoms with E-state index in [9.17, 15) is 4.39 Å². The first-order valence-electron chi connectivity index (χ1n) is 7.05. The highest BCUT2D eigenvalue weighted by atomic mass is 19.1. The smallest absolute Gasteiger partial charge is 0.125 e. The molecule has 1 fully saturated rings. The maximum atomic E-state index is 13.1. The van der Waals surface area contributed by atoms with Crippen LogP contribution in [0.2, 0.25) is 0 Å². The molecule has 20 heavy (non-hydrogen) atoms. The van der Waals surface area contributed by atoms with E-state index in [2.05, 4.69) is 10.2 Å². The average molecular weight is 274 g/mol. The first-order valence-corrected chi connectivity index (χ1v) is 7.05. The van der Waals surface area contributed by atoms with Crippen LogP contribution in [0.5, 0.6) is 0 Å². The minimum atomic E-state index is -0.188. The van der Waals surface area contributed by atoms with E-state index in [1.54, 1.807) is 24.7 Å². The zero-order valence-corrected chi connectivity index (χ0v) is 11.4. The second-order valence-electron chi connectivity index (χ2n) is 5.34. The second kappa shape index (κ2) is 6.09. The van der Waals surface area contributed by atoms with Crippen LogP contribution in [0.3, 0.4) is 0 Å². The lowest BCUT2D eigenvalue weighted by Gasteiger charge is -2.32. The molecular weight excluding hydrogens is 255 g/mol. The minimum Gasteiger partial charge on any atom is -0.472 e. The fraction of sp³-hybridized carbons (Fsp3) is 0.375. The molecule has 1 aliphatic rings. The largest absolute Gasteiger partial charge is 0.472 e. The van der Waals surface area contributed by atoms with Crippen molar-refractivity contribution in [1.82, 2.24) is 4.90 Å². The molecule has 2 aromatic rings. The van der Waals surface area contributed by atoms with E-state index in [0.717, 1.165) is 38.2 Å². The summed E-state index contributed by atoms with van der Waals surface area (Å²) in [5.74, 6) is -0.188. The van der Waals surface area contributed by atoms with E-state index in [4.69, 9.17) is 4.42 Å². The monoisotopic (exact) mass is 274 g/mol. The quantitative estimate of drug-likeness (QED) is 0.925. The van der Waals surface area contributed by atoms with Gasteiger partial charge in [-0.1, -0.05) is 6.07 Å². The number of nitrogens with zero attached hydrogens (tertiary/aromatic N) is 1. The van der Waals surface area contributed by atoms with Crippen LogP contribution in [0, 0.1) is 5.82 Å². The van der Waals surface area contributed by atoms with Gasteiger partial charge in [-0.15, -0.1) is 0 Å². The molecule has 0 radical (unpaired) electrons. The molecule has 3 nitrogen and oxygen atoms in total. The summed E-state index contributed by atoms with van der Waals surface area (Å²) in [6, 6.07) is 9.12. The van der Waals surface area contributed by atoms with E-state index >= 15 is 0 Å². The summed E-state index contributed by atoms with van der Waals surface area (Å²) < 4.78 is 18.2. The summed E-state index contributed by atoms with van der Waals surface area (Å²) in [6.07, 6.45) is 5.67. The predicted molar refractivity (Wildman–Crippen MR) is 77.0 cm³/mol. The van der Waals surface area contributed by atoms with Gasteiger partial charge < -0.3 is 9.73 Å². The van der Waals surface area contributed by atoms with Crippen LogP contribution in [0.1, 0.15) is 18.4 Å². The van der Waals surface area contributed by atoms with Gasteiger partial charge in [-0.05, 0) is 37.1 Å². The number of piperidine rings is 1. The topological polar surface area (TPSA) is 28.4 Å². The summed E-state index contributed by atoms with van der Waals surface area (Å²) in [5, 5.41) is 3.42. The van der Waals surface area contributed by atoms with E-state index in [1.165, 1.54) is 11.6 Å². The molecule has 4 heteroatoms. The molecule has 1 saturated heterocycles. The third-order valence-corrected chi connectivity index (χ3v) is 3.77. The van der Waals surface area contributed by atoms with Crippen molar-refractivity contribution < 1.29 is 8.81 Å². The maximum Gasteiger partial charge on any atom is 0.125 e. The number of hydrogen-bond donors (Lipinski definition) is 1. The van der Waals surface area contributed by atoms with Crippen LogP contribution < -0.4 is 5.32 Å². The van der Waals surface area contributed by atoms with Gasteiger partial charge in [0, 0.05) is 36.9 Å². The Labute approximate surface area is 118 Å². The minimum absolute atomic E-state index is 0.188.